The Morgan fingerprint density at radius 1 is 0.889 bits per heavy atom. The molecule has 36 heavy (non-hydrogen) atoms. The van der Waals surface area contributed by atoms with Crippen LogP contribution in [-0.2, 0) is 33.8 Å². The number of rotatable bonds is 14. The predicted molar refractivity (Wildman–Crippen MR) is 143 cm³/mol. The predicted octanol–water partition coefficient (Wildman–Crippen LogP) is 4.77. The van der Waals surface area contributed by atoms with Crippen molar-refractivity contribution in [2.75, 3.05) is 26.8 Å². The molecule has 6 nitrogen and oxygen atoms in total. The average molecular weight is 490 g/mol. The van der Waals surface area contributed by atoms with E-state index in [2.05, 4.69) is 29.0 Å². The average Bonchev–Trinajstić information content (AvgIpc) is 3.32. The summed E-state index contributed by atoms with van der Waals surface area (Å²) in [6.07, 6.45) is 3.79. The smallest absolute Gasteiger partial charge is 0.242 e. The lowest BCUT2D eigenvalue weighted by atomic mass is 10.1. The van der Waals surface area contributed by atoms with Crippen LogP contribution in [0.1, 0.15) is 43.5 Å². The van der Waals surface area contributed by atoms with E-state index >= 15 is 0 Å². The topological polar surface area (TPSA) is 54.8 Å². The standard InChI is InChI=1S/C30H39N3O3/c1-25(2)33(23-28-16-10-19-31(28)22-27-14-8-5-9-15-27)30(35)24-32(20-11-21-36-3)29(34)18-17-26-12-6-4-7-13-26/h4-10,12-16,19,25H,11,17-18,20-24H2,1-3H3. The molecule has 0 spiro atoms. The number of hydrogen-bond donors (Lipinski definition) is 0. The number of aromatic nitrogens is 1. The van der Waals surface area contributed by atoms with Gasteiger partial charge in [-0.05, 0) is 49.9 Å². The van der Waals surface area contributed by atoms with Crippen molar-refractivity contribution in [1.82, 2.24) is 14.4 Å². The van der Waals surface area contributed by atoms with Crippen molar-refractivity contribution in [1.29, 1.82) is 0 Å². The second kappa shape index (κ2) is 14.2. The summed E-state index contributed by atoms with van der Waals surface area (Å²) < 4.78 is 7.37. The summed E-state index contributed by atoms with van der Waals surface area (Å²) in [5, 5.41) is 0. The number of hydrogen-bond acceptors (Lipinski definition) is 3. The first kappa shape index (κ1) is 27.2. The van der Waals surface area contributed by atoms with Gasteiger partial charge in [0.2, 0.25) is 11.8 Å². The van der Waals surface area contributed by atoms with E-state index in [4.69, 9.17) is 4.74 Å². The van der Waals surface area contributed by atoms with Gasteiger partial charge in [-0.15, -0.1) is 0 Å². The Hall–Kier alpha value is -3.38. The van der Waals surface area contributed by atoms with Gasteiger partial charge in [-0.3, -0.25) is 9.59 Å². The molecule has 0 radical (unpaired) electrons. The van der Waals surface area contributed by atoms with Crippen LogP contribution in [0.3, 0.4) is 0 Å². The monoisotopic (exact) mass is 489 g/mol. The highest BCUT2D eigenvalue weighted by atomic mass is 16.5. The third-order valence-corrected chi connectivity index (χ3v) is 6.32. The minimum atomic E-state index is -0.0389. The zero-order chi connectivity index (χ0) is 25.8. The first-order valence-corrected chi connectivity index (χ1v) is 12.8. The van der Waals surface area contributed by atoms with Crippen LogP contribution in [0.5, 0.6) is 0 Å². The molecule has 0 aliphatic heterocycles. The maximum Gasteiger partial charge on any atom is 0.242 e. The Morgan fingerprint density at radius 3 is 2.19 bits per heavy atom. The van der Waals surface area contributed by atoms with Crippen molar-refractivity contribution < 1.29 is 14.3 Å². The lowest BCUT2D eigenvalue weighted by Gasteiger charge is -2.31. The summed E-state index contributed by atoms with van der Waals surface area (Å²) in [7, 11) is 1.65. The lowest BCUT2D eigenvalue weighted by Crippen LogP contribution is -2.46. The lowest BCUT2D eigenvalue weighted by molar-refractivity contribution is -0.142. The fraction of sp³-hybridized carbons (Fsp3) is 0.400. The van der Waals surface area contributed by atoms with Gasteiger partial charge in [-0.2, -0.15) is 0 Å². The van der Waals surface area contributed by atoms with Gasteiger partial charge >= 0.3 is 0 Å². The van der Waals surface area contributed by atoms with Crippen molar-refractivity contribution in [3.63, 3.8) is 0 Å². The van der Waals surface area contributed by atoms with Gasteiger partial charge in [0.05, 0.1) is 13.1 Å². The minimum Gasteiger partial charge on any atom is -0.385 e. The van der Waals surface area contributed by atoms with E-state index in [1.807, 2.05) is 73.3 Å². The molecule has 2 amide bonds. The Balaban J connectivity index is 1.67. The van der Waals surface area contributed by atoms with Crippen molar-refractivity contribution in [3.05, 3.63) is 95.8 Å². The van der Waals surface area contributed by atoms with Crippen LogP contribution in [0.25, 0.3) is 0 Å². The summed E-state index contributed by atoms with van der Waals surface area (Å²) in [6, 6.07) is 24.4. The molecule has 1 aromatic heterocycles. The summed E-state index contributed by atoms with van der Waals surface area (Å²) in [6.45, 7) is 6.44. The van der Waals surface area contributed by atoms with Crippen LogP contribution in [0.15, 0.2) is 79.0 Å². The summed E-state index contributed by atoms with van der Waals surface area (Å²) >= 11 is 0. The van der Waals surface area contributed by atoms with Crippen molar-refractivity contribution in [2.24, 2.45) is 0 Å². The molecule has 0 N–H and O–H groups in total. The molecule has 0 saturated heterocycles. The van der Waals surface area contributed by atoms with Crippen molar-refractivity contribution in [3.8, 4) is 0 Å². The van der Waals surface area contributed by atoms with E-state index in [-0.39, 0.29) is 24.4 Å². The van der Waals surface area contributed by atoms with Gasteiger partial charge in [0.15, 0.2) is 0 Å². The number of carbonyl (C=O) groups is 2. The Bertz CT molecular complexity index is 1060. The third kappa shape index (κ3) is 8.38. The van der Waals surface area contributed by atoms with E-state index < -0.39 is 0 Å². The van der Waals surface area contributed by atoms with Crippen LogP contribution >= 0.6 is 0 Å². The number of benzene rings is 2. The molecule has 0 aliphatic rings. The van der Waals surface area contributed by atoms with Crippen LogP contribution < -0.4 is 0 Å². The molecule has 1 heterocycles. The number of carbonyl (C=O) groups excluding carboxylic acids is 2. The molecular formula is C30H39N3O3. The van der Waals surface area contributed by atoms with E-state index in [9.17, 15) is 9.59 Å². The molecule has 0 unspecified atom stereocenters. The molecule has 0 atom stereocenters. The molecular weight excluding hydrogens is 450 g/mol. The van der Waals surface area contributed by atoms with Crippen molar-refractivity contribution in [2.45, 2.75) is 52.2 Å². The zero-order valence-corrected chi connectivity index (χ0v) is 21.8. The second-order valence-electron chi connectivity index (χ2n) is 9.38. The number of methoxy groups -OCH3 is 1. The van der Waals surface area contributed by atoms with E-state index in [1.165, 1.54) is 5.56 Å². The number of amides is 2. The fourth-order valence-corrected chi connectivity index (χ4v) is 4.26. The zero-order valence-electron chi connectivity index (χ0n) is 21.8. The first-order chi connectivity index (χ1) is 17.5. The highest BCUT2D eigenvalue weighted by molar-refractivity contribution is 5.85. The minimum absolute atomic E-state index is 0.000495. The van der Waals surface area contributed by atoms with Gasteiger partial charge in [0.25, 0.3) is 0 Å². The highest BCUT2D eigenvalue weighted by Crippen LogP contribution is 2.14. The Morgan fingerprint density at radius 2 is 1.56 bits per heavy atom. The molecule has 192 valence electrons. The largest absolute Gasteiger partial charge is 0.385 e. The third-order valence-electron chi connectivity index (χ3n) is 6.32. The molecule has 2 aromatic carbocycles. The molecule has 0 saturated carbocycles. The molecule has 0 aliphatic carbocycles. The molecule has 3 aromatic rings. The number of nitrogens with zero attached hydrogens (tertiary/aromatic N) is 3. The quantitative estimate of drug-likeness (QED) is 0.307. The second-order valence-corrected chi connectivity index (χ2v) is 9.38. The van der Waals surface area contributed by atoms with E-state index in [0.717, 1.165) is 17.8 Å². The fourth-order valence-electron chi connectivity index (χ4n) is 4.26. The van der Waals surface area contributed by atoms with E-state index in [1.54, 1.807) is 12.0 Å². The SMILES string of the molecule is COCCCN(CC(=O)N(Cc1cccn1Cc1ccccc1)C(C)C)C(=O)CCc1ccccc1. The van der Waals surface area contributed by atoms with Crippen LogP contribution in [-0.4, -0.2) is 59.0 Å². The summed E-state index contributed by atoms with van der Waals surface area (Å²) in [5.74, 6) is -0.0394. The van der Waals surface area contributed by atoms with E-state index in [0.29, 0.717) is 39.0 Å². The van der Waals surface area contributed by atoms with Crippen LogP contribution in [0.4, 0.5) is 0 Å². The maximum absolute atomic E-state index is 13.5. The number of ether oxygens (including phenoxy) is 1. The molecule has 6 heteroatoms. The summed E-state index contributed by atoms with van der Waals surface area (Å²) in [5.41, 5.74) is 3.41. The van der Waals surface area contributed by atoms with Gasteiger partial charge in [-0.25, -0.2) is 0 Å². The van der Waals surface area contributed by atoms with Gasteiger partial charge in [0, 0.05) is 51.2 Å². The van der Waals surface area contributed by atoms with Gasteiger partial charge < -0.3 is 19.1 Å². The van der Waals surface area contributed by atoms with Crippen LogP contribution in [0.2, 0.25) is 0 Å². The Kier molecular flexibility index (Phi) is 10.8. The van der Waals surface area contributed by atoms with Gasteiger partial charge in [0.1, 0.15) is 0 Å². The molecule has 0 bridgehead atoms. The van der Waals surface area contributed by atoms with Gasteiger partial charge in [-0.1, -0.05) is 60.7 Å². The Labute approximate surface area is 215 Å². The highest BCUT2D eigenvalue weighted by Gasteiger charge is 2.24. The molecule has 0 fully saturated rings. The maximum atomic E-state index is 13.5. The van der Waals surface area contributed by atoms with Crippen LogP contribution in [0, 0.1) is 0 Å². The van der Waals surface area contributed by atoms with Crippen molar-refractivity contribution >= 4 is 11.8 Å². The normalized spacial score (nSPS) is 11.0. The number of aryl methyl sites for hydroxylation is 1. The first-order valence-electron chi connectivity index (χ1n) is 12.8. The molecule has 3 rings (SSSR count). The summed E-state index contributed by atoms with van der Waals surface area (Å²) in [4.78, 5) is 30.2.